The molecule has 7 heteroatoms. The summed E-state index contributed by atoms with van der Waals surface area (Å²) in [5.41, 5.74) is 0.821. The molecule has 4 aliphatic rings. The second-order valence-corrected chi connectivity index (χ2v) is 10.1. The van der Waals surface area contributed by atoms with Crippen molar-refractivity contribution in [3.63, 3.8) is 0 Å². The van der Waals surface area contributed by atoms with Gasteiger partial charge in [-0.1, -0.05) is 0 Å². The highest BCUT2D eigenvalue weighted by Crippen LogP contribution is 2.48. The van der Waals surface area contributed by atoms with Gasteiger partial charge in [0.2, 0.25) is 5.91 Å². The average Bonchev–Trinajstić information content (AvgIpc) is 3.45. The molecule has 0 N–H and O–H groups in total. The summed E-state index contributed by atoms with van der Waals surface area (Å²) < 4.78 is 5.95. The number of rotatable bonds is 5. The van der Waals surface area contributed by atoms with Crippen LogP contribution in [0.15, 0.2) is 12.1 Å². The second-order valence-electron chi connectivity index (χ2n) is 10.1. The Labute approximate surface area is 191 Å². The number of pyridine rings is 1. The van der Waals surface area contributed by atoms with Crippen molar-refractivity contribution in [1.82, 2.24) is 14.8 Å². The van der Waals surface area contributed by atoms with E-state index >= 15 is 0 Å². The first kappa shape index (κ1) is 21.7. The lowest BCUT2D eigenvalue weighted by Gasteiger charge is -2.37. The summed E-state index contributed by atoms with van der Waals surface area (Å²) in [5, 5.41) is 0. The van der Waals surface area contributed by atoms with Gasteiger partial charge < -0.3 is 19.4 Å². The molecule has 32 heavy (non-hydrogen) atoms. The largest absolute Gasteiger partial charge is 0.449 e. The van der Waals surface area contributed by atoms with Crippen LogP contribution in [0.3, 0.4) is 0 Å². The van der Waals surface area contributed by atoms with Crippen LogP contribution in [0.5, 0.6) is 0 Å². The van der Waals surface area contributed by atoms with E-state index in [9.17, 15) is 9.59 Å². The monoisotopic (exact) mass is 440 g/mol. The molecule has 0 bridgehead atoms. The molecule has 7 nitrogen and oxygen atoms in total. The van der Waals surface area contributed by atoms with Gasteiger partial charge in [-0.25, -0.2) is 9.78 Å². The predicted octanol–water partition coefficient (Wildman–Crippen LogP) is 3.18. The second kappa shape index (κ2) is 9.00. The van der Waals surface area contributed by atoms with Gasteiger partial charge in [0.05, 0.1) is 0 Å². The highest BCUT2D eigenvalue weighted by atomic mass is 16.6. The third-order valence-corrected chi connectivity index (χ3v) is 8.00. The van der Waals surface area contributed by atoms with Crippen molar-refractivity contribution in [3.05, 3.63) is 23.4 Å². The maximum Gasteiger partial charge on any atom is 0.358 e. The van der Waals surface area contributed by atoms with Gasteiger partial charge in [-0.3, -0.25) is 4.79 Å². The first-order chi connectivity index (χ1) is 15.6. The zero-order valence-corrected chi connectivity index (χ0v) is 19.4. The van der Waals surface area contributed by atoms with Crippen LogP contribution in [0.4, 0.5) is 5.82 Å². The first-order valence-electron chi connectivity index (χ1n) is 12.5. The molecular formula is C25H36N4O3. The molecule has 4 heterocycles. The predicted molar refractivity (Wildman–Crippen MR) is 123 cm³/mol. The number of piperidine rings is 1. The zero-order valence-electron chi connectivity index (χ0n) is 19.4. The summed E-state index contributed by atoms with van der Waals surface area (Å²) in [4.78, 5) is 37.1. The van der Waals surface area contributed by atoms with Crippen LogP contribution in [0.1, 0.15) is 73.8 Å². The molecule has 1 spiro atoms. The number of fused-ring (bicyclic) bond motifs is 2. The molecule has 0 aromatic carbocycles. The van der Waals surface area contributed by atoms with E-state index in [0.717, 1.165) is 63.5 Å². The van der Waals surface area contributed by atoms with Crippen molar-refractivity contribution < 1.29 is 14.3 Å². The van der Waals surface area contributed by atoms with Crippen molar-refractivity contribution >= 4 is 17.7 Å². The van der Waals surface area contributed by atoms with E-state index in [-0.39, 0.29) is 17.8 Å². The van der Waals surface area contributed by atoms with Crippen LogP contribution < -0.4 is 4.90 Å². The Hall–Kier alpha value is -2.15. The molecule has 1 aromatic heterocycles. The molecule has 0 atom stereocenters. The first-order valence-corrected chi connectivity index (χ1v) is 12.5. The molecule has 3 aliphatic heterocycles. The number of carbonyl (C=O) groups excluding carboxylic acids is 2. The van der Waals surface area contributed by atoms with Gasteiger partial charge in [-0.2, -0.15) is 0 Å². The quantitative estimate of drug-likeness (QED) is 0.655. The van der Waals surface area contributed by atoms with E-state index in [1.54, 1.807) is 0 Å². The molecule has 174 valence electrons. The fraction of sp³-hybridized carbons (Fsp3) is 0.720. The Morgan fingerprint density at radius 1 is 1.09 bits per heavy atom. The number of likely N-dealkylation sites (N-methyl/N-ethyl adjacent to an activating group) is 1. The molecular weight excluding hydrogens is 404 g/mol. The van der Waals surface area contributed by atoms with Crippen LogP contribution in [-0.2, 0) is 15.1 Å². The van der Waals surface area contributed by atoms with Gasteiger partial charge in [-0.05, 0) is 83.0 Å². The van der Waals surface area contributed by atoms with Gasteiger partial charge in [0.25, 0.3) is 0 Å². The van der Waals surface area contributed by atoms with Crippen LogP contribution in [-0.4, -0.2) is 73.0 Å². The van der Waals surface area contributed by atoms with E-state index in [4.69, 9.17) is 9.72 Å². The number of nitrogens with zero attached hydrogens (tertiary/aromatic N) is 4. The summed E-state index contributed by atoms with van der Waals surface area (Å²) in [6, 6.07) is 4.11. The lowest BCUT2D eigenvalue weighted by molar-refractivity contribution is -0.137. The van der Waals surface area contributed by atoms with Gasteiger partial charge in [-0.15, -0.1) is 0 Å². The summed E-state index contributed by atoms with van der Waals surface area (Å²) >= 11 is 0. The maximum absolute atomic E-state index is 13.0. The van der Waals surface area contributed by atoms with E-state index in [1.807, 2.05) is 11.9 Å². The summed E-state index contributed by atoms with van der Waals surface area (Å²) in [7, 11) is 1.93. The molecule has 1 saturated carbocycles. The van der Waals surface area contributed by atoms with Gasteiger partial charge >= 0.3 is 5.97 Å². The molecule has 0 radical (unpaired) electrons. The third-order valence-electron chi connectivity index (χ3n) is 8.00. The highest BCUT2D eigenvalue weighted by Gasteiger charge is 2.49. The normalized spacial score (nSPS) is 28.1. The maximum atomic E-state index is 13.0. The summed E-state index contributed by atoms with van der Waals surface area (Å²) in [6.07, 6.45) is 9.08. The molecule has 1 aliphatic carbocycles. The number of hydrogen-bond acceptors (Lipinski definition) is 6. The van der Waals surface area contributed by atoms with Crippen molar-refractivity contribution in [2.75, 3.05) is 51.2 Å². The van der Waals surface area contributed by atoms with Gasteiger partial charge in [0.15, 0.2) is 5.69 Å². The van der Waals surface area contributed by atoms with E-state index < -0.39 is 5.60 Å². The van der Waals surface area contributed by atoms with Gasteiger partial charge in [0, 0.05) is 44.7 Å². The van der Waals surface area contributed by atoms with Crippen molar-refractivity contribution in [2.24, 2.45) is 5.92 Å². The topological polar surface area (TPSA) is 66.0 Å². The summed E-state index contributed by atoms with van der Waals surface area (Å²) in [5.74, 6) is 0.849. The lowest BCUT2D eigenvalue weighted by Crippen LogP contribution is -2.41. The molecule has 5 rings (SSSR count). The number of esters is 1. The smallest absolute Gasteiger partial charge is 0.358 e. The number of aromatic nitrogens is 1. The van der Waals surface area contributed by atoms with Crippen molar-refractivity contribution in [2.45, 2.75) is 63.4 Å². The molecule has 2 saturated heterocycles. The third kappa shape index (κ3) is 4.12. The standard InChI is InChI=1S/C25H36N4O3/c1-27(17-18-28-13-5-6-14-28)23(30)19-9-11-25(12-10-19)20-7-8-21(26-22(20)24(31)32-25)29-15-3-2-4-16-29/h7-8,19H,2-6,9-18H2,1H3. The zero-order chi connectivity index (χ0) is 22.1. The number of amides is 1. The fourth-order valence-electron chi connectivity index (χ4n) is 5.97. The minimum atomic E-state index is -0.593. The van der Waals surface area contributed by atoms with Crippen molar-refractivity contribution in [1.29, 1.82) is 0 Å². The molecule has 1 amide bonds. The minimum Gasteiger partial charge on any atom is -0.449 e. The molecule has 0 unspecified atom stereocenters. The number of carbonyl (C=O) groups is 2. The lowest BCUT2D eigenvalue weighted by atomic mass is 9.75. The van der Waals surface area contributed by atoms with E-state index in [1.165, 1.54) is 32.1 Å². The average molecular weight is 441 g/mol. The number of hydrogen-bond donors (Lipinski definition) is 0. The molecule has 3 fully saturated rings. The van der Waals surface area contributed by atoms with Crippen LogP contribution in [0.25, 0.3) is 0 Å². The Balaban J connectivity index is 1.21. The van der Waals surface area contributed by atoms with E-state index in [2.05, 4.69) is 21.9 Å². The Morgan fingerprint density at radius 2 is 1.78 bits per heavy atom. The number of likely N-dealkylation sites (tertiary alicyclic amines) is 1. The SMILES string of the molecule is CN(CCN1CCCC1)C(=O)C1CCC2(CC1)OC(=O)c1nc(N3CCCCC3)ccc12. The van der Waals surface area contributed by atoms with E-state index in [0.29, 0.717) is 18.5 Å². The Bertz CT molecular complexity index is 853. The van der Waals surface area contributed by atoms with Crippen LogP contribution in [0.2, 0.25) is 0 Å². The fourth-order valence-corrected chi connectivity index (χ4v) is 5.97. The summed E-state index contributed by atoms with van der Waals surface area (Å²) in [6.45, 7) is 6.08. The number of anilines is 1. The Morgan fingerprint density at radius 3 is 2.50 bits per heavy atom. The van der Waals surface area contributed by atoms with Gasteiger partial charge in [0.1, 0.15) is 11.4 Å². The number of ether oxygens (including phenoxy) is 1. The minimum absolute atomic E-state index is 0.0209. The highest BCUT2D eigenvalue weighted by molar-refractivity contribution is 5.93. The Kier molecular flexibility index (Phi) is 6.10. The van der Waals surface area contributed by atoms with Crippen LogP contribution >= 0.6 is 0 Å². The van der Waals surface area contributed by atoms with Crippen molar-refractivity contribution in [3.8, 4) is 0 Å². The van der Waals surface area contributed by atoms with Crippen LogP contribution in [0, 0.1) is 5.92 Å². The molecule has 1 aromatic rings.